The van der Waals surface area contributed by atoms with Crippen LogP contribution in [0.4, 0.5) is 5.95 Å². The molecular formula is C19H26N4O3. The van der Waals surface area contributed by atoms with Crippen LogP contribution >= 0.6 is 0 Å². The lowest BCUT2D eigenvalue weighted by Crippen LogP contribution is -2.48. The first-order chi connectivity index (χ1) is 12.7. The molecular weight excluding hydrogens is 332 g/mol. The number of H-pyrrole nitrogens is 1. The van der Waals surface area contributed by atoms with E-state index in [9.17, 15) is 4.79 Å². The largest absolute Gasteiger partial charge is 0.497 e. The Morgan fingerprint density at radius 3 is 2.50 bits per heavy atom. The average Bonchev–Trinajstić information content (AvgIpc) is 2.67. The number of anilines is 1. The number of hydrogen-bond donors (Lipinski definition) is 1. The Morgan fingerprint density at radius 2 is 1.85 bits per heavy atom. The fourth-order valence-corrected chi connectivity index (χ4v) is 3.09. The van der Waals surface area contributed by atoms with Crippen LogP contribution in [0.3, 0.4) is 0 Å². The molecule has 1 fully saturated rings. The van der Waals surface area contributed by atoms with Gasteiger partial charge in [0.2, 0.25) is 5.95 Å². The number of rotatable bonds is 7. The maximum Gasteiger partial charge on any atom is 0.252 e. The lowest BCUT2D eigenvalue weighted by Gasteiger charge is -2.34. The summed E-state index contributed by atoms with van der Waals surface area (Å²) < 4.78 is 10.3. The molecule has 1 aromatic carbocycles. The molecule has 0 amide bonds. The Labute approximate surface area is 153 Å². The summed E-state index contributed by atoms with van der Waals surface area (Å²) in [6.07, 6.45) is 0.620. The Morgan fingerprint density at radius 1 is 1.12 bits per heavy atom. The number of piperazine rings is 1. The molecule has 26 heavy (non-hydrogen) atoms. The number of aromatic amines is 1. The number of ether oxygens (including phenoxy) is 2. The first-order valence-electron chi connectivity index (χ1n) is 8.87. The van der Waals surface area contributed by atoms with Crippen molar-refractivity contribution in [3.8, 4) is 5.75 Å². The van der Waals surface area contributed by atoms with Crippen LogP contribution in [0.1, 0.15) is 11.3 Å². The second-order valence-corrected chi connectivity index (χ2v) is 6.41. The van der Waals surface area contributed by atoms with Crippen molar-refractivity contribution in [2.24, 2.45) is 0 Å². The van der Waals surface area contributed by atoms with Crippen molar-refractivity contribution in [1.82, 2.24) is 14.9 Å². The van der Waals surface area contributed by atoms with Gasteiger partial charge in [0, 0.05) is 52.3 Å². The van der Waals surface area contributed by atoms with E-state index in [4.69, 9.17) is 9.47 Å². The number of aromatic nitrogens is 2. The van der Waals surface area contributed by atoms with Gasteiger partial charge in [0.1, 0.15) is 5.75 Å². The highest BCUT2D eigenvalue weighted by atomic mass is 16.5. The van der Waals surface area contributed by atoms with Gasteiger partial charge in [-0.15, -0.1) is 0 Å². The van der Waals surface area contributed by atoms with Gasteiger partial charge >= 0.3 is 0 Å². The van der Waals surface area contributed by atoms with E-state index in [0.29, 0.717) is 12.4 Å². The summed E-state index contributed by atoms with van der Waals surface area (Å²) in [5.74, 6) is 1.48. The maximum atomic E-state index is 12.1. The van der Waals surface area contributed by atoms with Gasteiger partial charge in [-0.1, -0.05) is 12.1 Å². The van der Waals surface area contributed by atoms with Crippen molar-refractivity contribution in [1.29, 1.82) is 0 Å². The monoisotopic (exact) mass is 358 g/mol. The van der Waals surface area contributed by atoms with Crippen molar-refractivity contribution < 1.29 is 9.47 Å². The van der Waals surface area contributed by atoms with Crippen molar-refractivity contribution in [3.05, 3.63) is 51.9 Å². The fourth-order valence-electron chi connectivity index (χ4n) is 3.09. The van der Waals surface area contributed by atoms with E-state index < -0.39 is 0 Å². The van der Waals surface area contributed by atoms with E-state index in [2.05, 4.69) is 19.8 Å². The molecule has 1 aliphatic rings. The number of nitrogens with one attached hydrogen (secondary N) is 1. The SMILES string of the molecule is COCCN1CCN(c2nc(Cc3ccc(OC)cc3)cc(=O)[nH]2)CC1. The molecule has 1 aromatic heterocycles. The van der Waals surface area contributed by atoms with Gasteiger partial charge in [0.05, 0.1) is 19.4 Å². The van der Waals surface area contributed by atoms with Gasteiger partial charge in [-0.2, -0.15) is 0 Å². The predicted molar refractivity (Wildman–Crippen MR) is 101 cm³/mol. The summed E-state index contributed by atoms with van der Waals surface area (Å²) >= 11 is 0. The number of methoxy groups -OCH3 is 2. The van der Waals surface area contributed by atoms with Gasteiger partial charge in [0.25, 0.3) is 5.56 Å². The first-order valence-corrected chi connectivity index (χ1v) is 8.87. The molecule has 3 rings (SSSR count). The van der Waals surface area contributed by atoms with Crippen molar-refractivity contribution in [2.45, 2.75) is 6.42 Å². The Hall–Kier alpha value is -2.38. The molecule has 0 bridgehead atoms. The van der Waals surface area contributed by atoms with Crippen LogP contribution in [-0.4, -0.2) is 68.4 Å². The van der Waals surface area contributed by atoms with Gasteiger partial charge in [0.15, 0.2) is 0 Å². The van der Waals surface area contributed by atoms with Crippen LogP contribution in [0.2, 0.25) is 0 Å². The van der Waals surface area contributed by atoms with E-state index in [1.807, 2.05) is 24.3 Å². The molecule has 0 unspecified atom stereocenters. The molecule has 0 radical (unpaired) electrons. The highest BCUT2D eigenvalue weighted by Gasteiger charge is 2.19. The normalized spacial score (nSPS) is 15.2. The highest BCUT2D eigenvalue weighted by Crippen LogP contribution is 2.15. The zero-order valence-corrected chi connectivity index (χ0v) is 15.4. The van der Waals surface area contributed by atoms with E-state index in [1.165, 1.54) is 0 Å². The van der Waals surface area contributed by atoms with E-state index in [1.54, 1.807) is 20.3 Å². The van der Waals surface area contributed by atoms with Crippen LogP contribution in [0.15, 0.2) is 35.1 Å². The zero-order chi connectivity index (χ0) is 18.4. The Bertz CT molecular complexity index is 752. The lowest BCUT2D eigenvalue weighted by atomic mass is 10.1. The van der Waals surface area contributed by atoms with Gasteiger partial charge in [-0.3, -0.25) is 14.7 Å². The highest BCUT2D eigenvalue weighted by molar-refractivity contribution is 5.34. The van der Waals surface area contributed by atoms with Crippen LogP contribution in [0.25, 0.3) is 0 Å². The summed E-state index contributed by atoms with van der Waals surface area (Å²) in [5, 5.41) is 0. The predicted octanol–water partition coefficient (Wildman–Crippen LogP) is 1.14. The molecule has 0 aliphatic carbocycles. The molecule has 1 N–H and O–H groups in total. The standard InChI is InChI=1S/C19H26N4O3/c1-25-12-11-22-7-9-23(10-8-22)19-20-16(14-18(24)21-19)13-15-3-5-17(26-2)6-4-15/h3-6,14H,7-13H2,1-2H3,(H,20,21,24). The quantitative estimate of drug-likeness (QED) is 0.800. The molecule has 1 saturated heterocycles. The lowest BCUT2D eigenvalue weighted by molar-refractivity contribution is 0.143. The second-order valence-electron chi connectivity index (χ2n) is 6.41. The third-order valence-electron chi connectivity index (χ3n) is 4.61. The fraction of sp³-hybridized carbons (Fsp3) is 0.474. The van der Waals surface area contributed by atoms with E-state index in [0.717, 1.165) is 56.3 Å². The third-order valence-corrected chi connectivity index (χ3v) is 4.61. The van der Waals surface area contributed by atoms with Crippen molar-refractivity contribution >= 4 is 5.95 Å². The Kier molecular flexibility index (Phi) is 6.25. The number of hydrogen-bond acceptors (Lipinski definition) is 6. The zero-order valence-electron chi connectivity index (χ0n) is 15.4. The van der Waals surface area contributed by atoms with Crippen molar-refractivity contribution in [3.63, 3.8) is 0 Å². The van der Waals surface area contributed by atoms with Gasteiger partial charge in [-0.25, -0.2) is 4.98 Å². The van der Waals surface area contributed by atoms with E-state index in [-0.39, 0.29) is 5.56 Å². The smallest absolute Gasteiger partial charge is 0.252 e. The molecule has 1 aliphatic heterocycles. The minimum atomic E-state index is -0.111. The van der Waals surface area contributed by atoms with Crippen molar-refractivity contribution in [2.75, 3.05) is 58.5 Å². The summed E-state index contributed by atoms with van der Waals surface area (Å²) in [5.41, 5.74) is 1.76. The third kappa shape index (κ3) is 4.83. The van der Waals surface area contributed by atoms with Crippen LogP contribution in [-0.2, 0) is 11.2 Å². The maximum absolute atomic E-state index is 12.1. The first kappa shape index (κ1) is 18.4. The number of benzene rings is 1. The van der Waals surface area contributed by atoms with E-state index >= 15 is 0 Å². The summed E-state index contributed by atoms with van der Waals surface area (Å²) in [4.78, 5) is 24.1. The molecule has 2 aromatic rings. The molecule has 2 heterocycles. The van der Waals surface area contributed by atoms with Gasteiger partial charge < -0.3 is 14.4 Å². The second kappa shape index (κ2) is 8.82. The molecule has 0 spiro atoms. The van der Waals surface area contributed by atoms with Crippen LogP contribution in [0, 0.1) is 0 Å². The van der Waals surface area contributed by atoms with Crippen LogP contribution in [0.5, 0.6) is 5.75 Å². The summed E-state index contributed by atoms with van der Waals surface area (Å²) in [7, 11) is 3.37. The molecule has 140 valence electrons. The Balaban J connectivity index is 1.67. The summed E-state index contributed by atoms with van der Waals surface area (Å²) in [6, 6.07) is 9.40. The van der Waals surface area contributed by atoms with Crippen LogP contribution < -0.4 is 15.2 Å². The topological polar surface area (TPSA) is 70.7 Å². The molecule has 7 nitrogen and oxygen atoms in total. The molecule has 0 saturated carbocycles. The average molecular weight is 358 g/mol. The van der Waals surface area contributed by atoms with Gasteiger partial charge in [-0.05, 0) is 17.7 Å². The molecule has 0 atom stereocenters. The molecule has 7 heteroatoms. The summed E-state index contributed by atoms with van der Waals surface area (Å²) in [6.45, 7) is 5.25. The number of nitrogens with zero attached hydrogens (tertiary/aromatic N) is 3. The minimum Gasteiger partial charge on any atom is -0.497 e. The minimum absolute atomic E-state index is 0.111.